The van der Waals surface area contributed by atoms with Crippen LogP contribution < -0.4 is 0 Å². The molecule has 0 aliphatic heterocycles. The van der Waals surface area contributed by atoms with Crippen LogP contribution >= 0.6 is 0 Å². The molecule has 0 radical (unpaired) electrons. The topological polar surface area (TPSA) is 37.3 Å². The smallest absolute Gasteiger partial charge is 0.303 e. The zero-order valence-electron chi connectivity index (χ0n) is 15.9. The molecule has 0 unspecified atom stereocenters. The van der Waals surface area contributed by atoms with Crippen molar-refractivity contribution in [2.45, 2.75) is 77.6 Å². The standard InChI is InChI=1S/C23H36O2/c1-2-3-4-5-6-7-8-9-10-11-12-13-14-15-16-17-18-19-20-21-22-23(24)25/h8-9,11-18H,2-7,10,19-22H2,1H3,(H,24,25)/b9-8+,12-11+,14-13+,16-15+,18-17+. The van der Waals surface area contributed by atoms with E-state index in [0.717, 1.165) is 25.7 Å². The van der Waals surface area contributed by atoms with Gasteiger partial charge < -0.3 is 5.11 Å². The maximum atomic E-state index is 10.3. The number of carboxylic acids is 1. The molecule has 0 fully saturated rings. The molecule has 0 aromatic carbocycles. The van der Waals surface area contributed by atoms with Gasteiger partial charge in [0.15, 0.2) is 0 Å². The van der Waals surface area contributed by atoms with Crippen LogP contribution in [0.5, 0.6) is 0 Å². The van der Waals surface area contributed by atoms with Crippen molar-refractivity contribution < 1.29 is 9.90 Å². The van der Waals surface area contributed by atoms with Gasteiger partial charge in [0.2, 0.25) is 0 Å². The third-order valence-electron chi connectivity index (χ3n) is 3.75. The van der Waals surface area contributed by atoms with Gasteiger partial charge in [0.25, 0.3) is 0 Å². The fourth-order valence-electron chi connectivity index (χ4n) is 2.29. The Morgan fingerprint density at radius 2 is 1.28 bits per heavy atom. The first kappa shape index (κ1) is 23.2. The maximum Gasteiger partial charge on any atom is 0.303 e. The molecule has 0 rings (SSSR count). The molecule has 2 heteroatoms. The van der Waals surface area contributed by atoms with E-state index in [1.54, 1.807) is 0 Å². The first-order valence-corrected chi connectivity index (χ1v) is 9.79. The Morgan fingerprint density at radius 1 is 0.680 bits per heavy atom. The van der Waals surface area contributed by atoms with E-state index in [1.807, 2.05) is 30.4 Å². The molecule has 0 aliphatic carbocycles. The van der Waals surface area contributed by atoms with E-state index in [4.69, 9.17) is 5.11 Å². The predicted octanol–water partition coefficient (Wildman–Crippen LogP) is 7.16. The van der Waals surface area contributed by atoms with Gasteiger partial charge >= 0.3 is 5.97 Å². The molecule has 0 aromatic rings. The lowest BCUT2D eigenvalue weighted by Crippen LogP contribution is -1.92. The van der Waals surface area contributed by atoms with Crippen LogP contribution in [-0.2, 0) is 4.79 Å². The molecule has 25 heavy (non-hydrogen) atoms. The van der Waals surface area contributed by atoms with Crippen LogP contribution in [0.4, 0.5) is 0 Å². The molecule has 0 amide bonds. The lowest BCUT2D eigenvalue weighted by atomic mass is 10.1. The Morgan fingerprint density at radius 3 is 2.00 bits per heavy atom. The summed E-state index contributed by atoms with van der Waals surface area (Å²) in [5.74, 6) is -0.708. The zero-order chi connectivity index (χ0) is 18.4. The van der Waals surface area contributed by atoms with E-state index >= 15 is 0 Å². The molecule has 2 nitrogen and oxygen atoms in total. The summed E-state index contributed by atoms with van der Waals surface area (Å²) >= 11 is 0. The largest absolute Gasteiger partial charge is 0.481 e. The molecule has 0 heterocycles. The van der Waals surface area contributed by atoms with Gasteiger partial charge in [0.1, 0.15) is 0 Å². The highest BCUT2D eigenvalue weighted by Gasteiger charge is 1.93. The summed E-state index contributed by atoms with van der Waals surface area (Å²) in [6.45, 7) is 2.25. The van der Waals surface area contributed by atoms with Gasteiger partial charge in [-0.3, -0.25) is 4.79 Å². The van der Waals surface area contributed by atoms with Crippen LogP contribution in [0.15, 0.2) is 60.8 Å². The molecule has 0 saturated heterocycles. The number of hydrogen-bond donors (Lipinski definition) is 1. The Labute approximate surface area is 154 Å². The highest BCUT2D eigenvalue weighted by Crippen LogP contribution is 2.05. The van der Waals surface area contributed by atoms with Crippen LogP contribution in [0.25, 0.3) is 0 Å². The van der Waals surface area contributed by atoms with Crippen molar-refractivity contribution >= 4 is 5.97 Å². The molecule has 0 aromatic heterocycles. The summed E-state index contributed by atoms with van der Waals surface area (Å²) in [5.41, 5.74) is 0. The number of aliphatic carboxylic acids is 1. The predicted molar refractivity (Wildman–Crippen MR) is 110 cm³/mol. The molecule has 0 atom stereocenters. The minimum atomic E-state index is -0.708. The fraction of sp³-hybridized carbons (Fsp3) is 0.522. The molecule has 1 N–H and O–H groups in total. The summed E-state index contributed by atoms with van der Waals surface area (Å²) in [6.07, 6.45) is 32.8. The number of rotatable bonds is 16. The van der Waals surface area contributed by atoms with E-state index in [-0.39, 0.29) is 6.42 Å². The van der Waals surface area contributed by atoms with Crippen molar-refractivity contribution in [1.29, 1.82) is 0 Å². The molecule has 0 saturated carbocycles. The second-order valence-electron chi connectivity index (χ2n) is 6.18. The van der Waals surface area contributed by atoms with Crippen LogP contribution in [-0.4, -0.2) is 11.1 Å². The average molecular weight is 345 g/mol. The Balaban J connectivity index is 3.50. The molecule has 0 bridgehead atoms. The number of unbranched alkanes of at least 4 members (excludes halogenated alkanes) is 7. The normalized spacial score (nSPS) is 12.7. The van der Waals surface area contributed by atoms with Crippen molar-refractivity contribution in [1.82, 2.24) is 0 Å². The quantitative estimate of drug-likeness (QED) is 0.183. The summed E-state index contributed by atoms with van der Waals surface area (Å²) in [4.78, 5) is 10.3. The SMILES string of the molecule is CCCCCCC/C=C/C/C=C/C=C/C=C/C=C/CCCCC(=O)O. The Kier molecular flexibility index (Phi) is 18.7. The van der Waals surface area contributed by atoms with E-state index in [2.05, 4.69) is 37.3 Å². The second-order valence-corrected chi connectivity index (χ2v) is 6.18. The summed E-state index contributed by atoms with van der Waals surface area (Å²) in [7, 11) is 0. The van der Waals surface area contributed by atoms with E-state index in [1.165, 1.54) is 38.5 Å². The molecule has 140 valence electrons. The van der Waals surface area contributed by atoms with Gasteiger partial charge in [-0.2, -0.15) is 0 Å². The Bertz CT molecular complexity index is 439. The van der Waals surface area contributed by atoms with Gasteiger partial charge in [-0.05, 0) is 38.5 Å². The summed E-state index contributed by atoms with van der Waals surface area (Å²) in [5, 5.41) is 8.52. The molecular weight excluding hydrogens is 308 g/mol. The fourth-order valence-corrected chi connectivity index (χ4v) is 2.29. The average Bonchev–Trinajstić information content (AvgIpc) is 2.60. The third kappa shape index (κ3) is 22.2. The number of hydrogen-bond acceptors (Lipinski definition) is 1. The molecule has 0 aliphatic rings. The van der Waals surface area contributed by atoms with Gasteiger partial charge in [-0.15, -0.1) is 0 Å². The minimum Gasteiger partial charge on any atom is -0.481 e. The van der Waals surface area contributed by atoms with Gasteiger partial charge in [-0.1, -0.05) is 93.4 Å². The summed E-state index contributed by atoms with van der Waals surface area (Å²) in [6, 6.07) is 0. The van der Waals surface area contributed by atoms with Crippen molar-refractivity contribution in [3.8, 4) is 0 Å². The third-order valence-corrected chi connectivity index (χ3v) is 3.75. The van der Waals surface area contributed by atoms with Crippen molar-refractivity contribution in [3.05, 3.63) is 60.8 Å². The van der Waals surface area contributed by atoms with Crippen molar-refractivity contribution in [2.75, 3.05) is 0 Å². The van der Waals surface area contributed by atoms with E-state index in [9.17, 15) is 4.79 Å². The van der Waals surface area contributed by atoms with Crippen LogP contribution in [0.1, 0.15) is 77.6 Å². The number of carbonyl (C=O) groups is 1. The van der Waals surface area contributed by atoms with Gasteiger partial charge in [0.05, 0.1) is 0 Å². The molecular formula is C23H36O2. The van der Waals surface area contributed by atoms with E-state index in [0.29, 0.717) is 0 Å². The number of allylic oxidation sites excluding steroid dienone is 10. The van der Waals surface area contributed by atoms with E-state index < -0.39 is 5.97 Å². The highest BCUT2D eigenvalue weighted by atomic mass is 16.4. The van der Waals surface area contributed by atoms with Gasteiger partial charge in [0, 0.05) is 6.42 Å². The maximum absolute atomic E-state index is 10.3. The lowest BCUT2D eigenvalue weighted by Gasteiger charge is -1.95. The lowest BCUT2D eigenvalue weighted by molar-refractivity contribution is -0.137. The summed E-state index contributed by atoms with van der Waals surface area (Å²) < 4.78 is 0. The first-order chi connectivity index (χ1) is 12.3. The minimum absolute atomic E-state index is 0.271. The van der Waals surface area contributed by atoms with Crippen molar-refractivity contribution in [2.24, 2.45) is 0 Å². The first-order valence-electron chi connectivity index (χ1n) is 9.79. The van der Waals surface area contributed by atoms with Crippen LogP contribution in [0.2, 0.25) is 0 Å². The Hall–Kier alpha value is -1.83. The monoisotopic (exact) mass is 344 g/mol. The van der Waals surface area contributed by atoms with Gasteiger partial charge in [-0.25, -0.2) is 0 Å². The van der Waals surface area contributed by atoms with Crippen LogP contribution in [0, 0.1) is 0 Å². The number of carboxylic acid groups (broad SMARTS) is 1. The zero-order valence-corrected chi connectivity index (χ0v) is 15.9. The second kappa shape index (κ2) is 20.2. The van der Waals surface area contributed by atoms with Crippen molar-refractivity contribution in [3.63, 3.8) is 0 Å². The molecule has 0 spiro atoms. The highest BCUT2D eigenvalue weighted by molar-refractivity contribution is 5.66. The van der Waals surface area contributed by atoms with Crippen LogP contribution in [0.3, 0.4) is 0 Å².